The van der Waals surface area contributed by atoms with Crippen molar-refractivity contribution in [3.05, 3.63) is 17.0 Å². The Hall–Kier alpha value is -1.32. The lowest BCUT2D eigenvalue weighted by atomic mass is 10.1. The first-order chi connectivity index (χ1) is 11.2. The van der Waals surface area contributed by atoms with E-state index in [1.165, 1.54) is 0 Å². The van der Waals surface area contributed by atoms with Crippen molar-refractivity contribution in [2.75, 3.05) is 20.1 Å². The molecule has 1 aromatic rings. The number of halogens is 1. The standard InChI is InChI=1S/C16H29N5O2.HI/c1-5-9-18-15(22)8-10-19-16(17-4)20-11-12-13(6-2)21-23-14(12)7-3;/h5-11H2,1-4H3,(H,18,22)(H2,17,19,20);1H. The molecule has 0 bridgehead atoms. The molecule has 0 fully saturated rings. The maximum absolute atomic E-state index is 11.6. The molecule has 138 valence electrons. The summed E-state index contributed by atoms with van der Waals surface area (Å²) >= 11 is 0. The second kappa shape index (κ2) is 13.0. The Balaban J connectivity index is 0.00000529. The van der Waals surface area contributed by atoms with Crippen molar-refractivity contribution in [2.24, 2.45) is 4.99 Å². The Labute approximate surface area is 161 Å². The van der Waals surface area contributed by atoms with Crippen LogP contribution in [0, 0.1) is 0 Å². The lowest BCUT2D eigenvalue weighted by Gasteiger charge is -2.12. The molecule has 0 unspecified atom stereocenters. The van der Waals surface area contributed by atoms with Gasteiger partial charge in [0.05, 0.1) is 5.69 Å². The molecule has 1 aromatic heterocycles. The van der Waals surface area contributed by atoms with Crippen molar-refractivity contribution in [1.82, 2.24) is 21.1 Å². The number of nitrogens with zero attached hydrogens (tertiary/aromatic N) is 2. The predicted octanol–water partition coefficient (Wildman–Crippen LogP) is 2.00. The molecule has 3 N–H and O–H groups in total. The highest BCUT2D eigenvalue weighted by Crippen LogP contribution is 2.15. The van der Waals surface area contributed by atoms with E-state index >= 15 is 0 Å². The number of hydrogen-bond donors (Lipinski definition) is 3. The van der Waals surface area contributed by atoms with E-state index in [0.717, 1.165) is 42.8 Å². The maximum Gasteiger partial charge on any atom is 0.221 e. The molecule has 0 atom stereocenters. The van der Waals surface area contributed by atoms with Crippen LogP contribution in [0.2, 0.25) is 0 Å². The SMILES string of the molecule is CCCNC(=O)CCNC(=NC)NCc1c(CC)noc1CC.I. The van der Waals surface area contributed by atoms with Crippen LogP contribution in [-0.4, -0.2) is 37.2 Å². The summed E-state index contributed by atoms with van der Waals surface area (Å²) in [6.07, 6.45) is 3.02. The van der Waals surface area contributed by atoms with Crippen molar-refractivity contribution in [1.29, 1.82) is 0 Å². The van der Waals surface area contributed by atoms with Crippen molar-refractivity contribution in [2.45, 2.75) is 53.0 Å². The Morgan fingerprint density at radius 1 is 1.12 bits per heavy atom. The quantitative estimate of drug-likeness (QED) is 0.304. The molecule has 0 saturated carbocycles. The van der Waals surface area contributed by atoms with Gasteiger partial charge in [0.1, 0.15) is 5.76 Å². The molecule has 0 aliphatic rings. The van der Waals surface area contributed by atoms with Gasteiger partial charge in [0.2, 0.25) is 5.91 Å². The van der Waals surface area contributed by atoms with Crippen molar-refractivity contribution < 1.29 is 9.32 Å². The van der Waals surface area contributed by atoms with Gasteiger partial charge in [0, 0.05) is 45.1 Å². The molecule has 1 amide bonds. The summed E-state index contributed by atoms with van der Waals surface area (Å²) in [5.41, 5.74) is 2.07. The number of hydrogen-bond acceptors (Lipinski definition) is 4. The summed E-state index contributed by atoms with van der Waals surface area (Å²) in [5.74, 6) is 1.62. The third kappa shape index (κ3) is 7.50. The normalized spacial score (nSPS) is 10.9. The fraction of sp³-hybridized carbons (Fsp3) is 0.688. The summed E-state index contributed by atoms with van der Waals surface area (Å²) in [5, 5.41) is 13.3. The average molecular weight is 451 g/mol. The summed E-state index contributed by atoms with van der Waals surface area (Å²) in [6.45, 7) is 8.01. The van der Waals surface area contributed by atoms with Crippen LogP contribution < -0.4 is 16.0 Å². The van der Waals surface area contributed by atoms with Gasteiger partial charge in [-0.1, -0.05) is 25.9 Å². The summed E-state index contributed by atoms with van der Waals surface area (Å²) in [4.78, 5) is 15.7. The number of carbonyl (C=O) groups is 1. The first-order valence-corrected chi connectivity index (χ1v) is 8.33. The first kappa shape index (κ1) is 22.7. The largest absolute Gasteiger partial charge is 0.361 e. The van der Waals surface area contributed by atoms with Gasteiger partial charge in [0.25, 0.3) is 0 Å². The van der Waals surface area contributed by atoms with Gasteiger partial charge >= 0.3 is 0 Å². The van der Waals surface area contributed by atoms with E-state index in [9.17, 15) is 4.79 Å². The van der Waals surface area contributed by atoms with Crippen LogP contribution >= 0.6 is 24.0 Å². The molecular weight excluding hydrogens is 421 g/mol. The highest BCUT2D eigenvalue weighted by atomic mass is 127. The minimum absolute atomic E-state index is 0. The van der Waals surface area contributed by atoms with E-state index in [1.54, 1.807) is 7.05 Å². The first-order valence-electron chi connectivity index (χ1n) is 8.33. The summed E-state index contributed by atoms with van der Waals surface area (Å²) in [7, 11) is 1.71. The molecular formula is C16H30IN5O2. The second-order valence-electron chi connectivity index (χ2n) is 5.19. The van der Waals surface area contributed by atoms with Gasteiger partial charge < -0.3 is 20.5 Å². The van der Waals surface area contributed by atoms with Gasteiger partial charge in [0.15, 0.2) is 5.96 Å². The van der Waals surface area contributed by atoms with E-state index in [1.807, 2.05) is 13.8 Å². The third-order valence-corrected chi connectivity index (χ3v) is 3.48. The number of rotatable bonds is 9. The summed E-state index contributed by atoms with van der Waals surface area (Å²) < 4.78 is 5.35. The zero-order chi connectivity index (χ0) is 17.1. The fourth-order valence-corrected chi connectivity index (χ4v) is 2.18. The maximum atomic E-state index is 11.6. The van der Waals surface area contributed by atoms with Crippen LogP contribution in [0.5, 0.6) is 0 Å². The predicted molar refractivity (Wildman–Crippen MR) is 107 cm³/mol. The van der Waals surface area contributed by atoms with Gasteiger partial charge in [-0.05, 0) is 12.8 Å². The monoisotopic (exact) mass is 451 g/mol. The van der Waals surface area contributed by atoms with E-state index in [2.05, 4.69) is 33.0 Å². The molecule has 0 spiro atoms. The molecule has 8 heteroatoms. The van der Waals surface area contributed by atoms with Gasteiger partial charge in [-0.25, -0.2) is 0 Å². The number of amides is 1. The van der Waals surface area contributed by atoms with Gasteiger partial charge in [-0.15, -0.1) is 24.0 Å². The number of carbonyl (C=O) groups excluding carboxylic acids is 1. The Kier molecular flexibility index (Phi) is 12.3. The molecule has 0 aromatic carbocycles. The van der Waals surface area contributed by atoms with E-state index in [0.29, 0.717) is 25.5 Å². The third-order valence-electron chi connectivity index (χ3n) is 3.48. The highest BCUT2D eigenvalue weighted by Gasteiger charge is 2.13. The van der Waals surface area contributed by atoms with Crippen LogP contribution in [0.15, 0.2) is 9.52 Å². The van der Waals surface area contributed by atoms with Crippen LogP contribution in [0.4, 0.5) is 0 Å². The van der Waals surface area contributed by atoms with E-state index < -0.39 is 0 Å². The molecule has 1 rings (SSSR count). The number of nitrogens with one attached hydrogen (secondary N) is 3. The summed E-state index contributed by atoms with van der Waals surface area (Å²) in [6, 6.07) is 0. The topological polar surface area (TPSA) is 91.5 Å². The number of aryl methyl sites for hydroxylation is 2. The van der Waals surface area contributed by atoms with Crippen LogP contribution in [0.1, 0.15) is 50.6 Å². The Morgan fingerprint density at radius 3 is 2.46 bits per heavy atom. The van der Waals surface area contributed by atoms with Crippen molar-refractivity contribution in [3.63, 3.8) is 0 Å². The molecule has 0 aliphatic heterocycles. The second-order valence-corrected chi connectivity index (χ2v) is 5.19. The average Bonchev–Trinajstić information content (AvgIpc) is 2.97. The zero-order valence-corrected chi connectivity index (χ0v) is 17.4. The van der Waals surface area contributed by atoms with Crippen LogP contribution in [0.3, 0.4) is 0 Å². The smallest absolute Gasteiger partial charge is 0.221 e. The molecule has 7 nitrogen and oxygen atoms in total. The Bertz CT molecular complexity index is 495. The van der Waals surface area contributed by atoms with Gasteiger partial charge in [-0.2, -0.15) is 0 Å². The van der Waals surface area contributed by atoms with E-state index in [-0.39, 0.29) is 29.9 Å². The van der Waals surface area contributed by atoms with Crippen molar-refractivity contribution >= 4 is 35.8 Å². The molecule has 0 saturated heterocycles. The van der Waals surface area contributed by atoms with Crippen LogP contribution in [-0.2, 0) is 24.2 Å². The minimum Gasteiger partial charge on any atom is -0.361 e. The zero-order valence-electron chi connectivity index (χ0n) is 15.1. The highest BCUT2D eigenvalue weighted by molar-refractivity contribution is 14.0. The Morgan fingerprint density at radius 2 is 1.88 bits per heavy atom. The van der Waals surface area contributed by atoms with E-state index in [4.69, 9.17) is 4.52 Å². The number of guanidine groups is 1. The fourth-order valence-electron chi connectivity index (χ4n) is 2.18. The van der Waals surface area contributed by atoms with Gasteiger partial charge in [-0.3, -0.25) is 9.79 Å². The number of aromatic nitrogens is 1. The van der Waals surface area contributed by atoms with Crippen molar-refractivity contribution in [3.8, 4) is 0 Å². The van der Waals surface area contributed by atoms with Crippen LogP contribution in [0.25, 0.3) is 0 Å². The molecule has 0 radical (unpaired) electrons. The molecule has 0 aliphatic carbocycles. The number of aliphatic imine (C=N–C) groups is 1. The lowest BCUT2D eigenvalue weighted by Crippen LogP contribution is -2.39. The molecule has 1 heterocycles. The minimum atomic E-state index is 0. The molecule has 24 heavy (non-hydrogen) atoms. The lowest BCUT2D eigenvalue weighted by molar-refractivity contribution is -0.120.